The zero-order valence-electron chi connectivity index (χ0n) is 21.1. The predicted molar refractivity (Wildman–Crippen MR) is 153 cm³/mol. The number of benzene rings is 1. The molecule has 0 spiro atoms. The standard InChI is InChI=1S/C28H39N3O2S2/c1-5-8-12-18-34-21-23(31(4)27(33)17-16-22(7-3)13-9-6-2)19-29-20-25(32)28-30-24-14-10-11-15-26(24)35-28/h6-7,9-11,13-15,23,27-30,33H,2,5,8,16-17,19-21H2,1,3-4H3/b13-9-,22-7+. The van der Waals surface area contributed by atoms with Crippen molar-refractivity contribution in [2.24, 2.45) is 0 Å². The number of nitrogens with zero attached hydrogens (tertiary/aromatic N) is 1. The predicted octanol–water partition coefficient (Wildman–Crippen LogP) is 5.27. The lowest BCUT2D eigenvalue weighted by molar-refractivity contribution is -0.117. The number of para-hydroxylation sites is 1. The molecule has 7 heteroatoms. The van der Waals surface area contributed by atoms with Crippen LogP contribution in [0.15, 0.2) is 65.6 Å². The van der Waals surface area contributed by atoms with Crippen LogP contribution in [0, 0.1) is 11.2 Å². The average molecular weight is 514 g/mol. The molecule has 3 atom stereocenters. The molecule has 190 valence electrons. The van der Waals surface area contributed by atoms with E-state index < -0.39 is 6.23 Å². The monoisotopic (exact) mass is 513 g/mol. The van der Waals surface area contributed by atoms with Crippen LogP contribution >= 0.6 is 23.5 Å². The number of Topliss-reactive ketones (excluding diaryl/α,β-unsaturated/α-hetero) is 1. The Labute approximate surface area is 219 Å². The maximum Gasteiger partial charge on any atom is 0.179 e. The summed E-state index contributed by atoms with van der Waals surface area (Å²) < 4.78 is 0. The highest BCUT2D eigenvalue weighted by Gasteiger charge is 2.27. The second-order valence-electron chi connectivity index (χ2n) is 8.37. The number of rotatable bonds is 15. The molecule has 5 nitrogen and oxygen atoms in total. The molecule has 1 heterocycles. The lowest BCUT2D eigenvalue weighted by atomic mass is 10.1. The SMILES string of the molecule is C=C/C=C\C(=C/C)CCC(O)N(C)C(CNCC(=O)C1Nc2ccccc2S1)CSC#CCCC. The number of allylic oxidation sites excluding steroid dienone is 5. The van der Waals surface area contributed by atoms with E-state index in [0.29, 0.717) is 13.0 Å². The first-order valence-corrected chi connectivity index (χ1v) is 14.1. The summed E-state index contributed by atoms with van der Waals surface area (Å²) in [5, 5.41) is 20.4. The van der Waals surface area contributed by atoms with Crippen LogP contribution in [0.1, 0.15) is 39.5 Å². The number of aliphatic hydroxyl groups is 1. The molecule has 1 aliphatic rings. The fraction of sp³-hybridized carbons (Fsp3) is 0.464. The van der Waals surface area contributed by atoms with Gasteiger partial charge in [0.15, 0.2) is 5.78 Å². The van der Waals surface area contributed by atoms with Crippen molar-refractivity contribution >= 4 is 35.0 Å². The average Bonchev–Trinajstić information content (AvgIpc) is 3.31. The van der Waals surface area contributed by atoms with E-state index in [1.54, 1.807) is 29.6 Å². The second-order valence-corrected chi connectivity index (χ2v) is 10.3. The molecule has 3 N–H and O–H groups in total. The Morgan fingerprint density at radius 1 is 1.43 bits per heavy atom. The number of hydrogen-bond donors (Lipinski definition) is 3. The molecule has 0 radical (unpaired) electrons. The van der Waals surface area contributed by atoms with Crippen molar-refractivity contribution in [3.63, 3.8) is 0 Å². The van der Waals surface area contributed by atoms with E-state index in [9.17, 15) is 9.90 Å². The summed E-state index contributed by atoms with van der Waals surface area (Å²) >= 11 is 3.14. The van der Waals surface area contributed by atoms with E-state index in [4.69, 9.17) is 0 Å². The molecule has 0 saturated heterocycles. The number of anilines is 1. The Kier molecular flexibility index (Phi) is 13.9. The van der Waals surface area contributed by atoms with Gasteiger partial charge in [-0.25, -0.2) is 0 Å². The van der Waals surface area contributed by atoms with Gasteiger partial charge in [0, 0.05) is 35.3 Å². The number of aliphatic hydroxyl groups excluding tert-OH is 1. The summed E-state index contributed by atoms with van der Waals surface area (Å²) in [6.07, 6.45) is 10.5. The normalized spacial score (nSPS) is 16.9. The molecule has 2 rings (SSSR count). The van der Waals surface area contributed by atoms with Crippen molar-refractivity contribution in [1.29, 1.82) is 0 Å². The summed E-state index contributed by atoms with van der Waals surface area (Å²) in [5.41, 5.74) is 2.18. The maximum atomic E-state index is 12.8. The molecular weight excluding hydrogens is 474 g/mol. The van der Waals surface area contributed by atoms with Gasteiger partial charge < -0.3 is 15.7 Å². The quantitative estimate of drug-likeness (QED) is 0.168. The number of thioether (sulfide) groups is 2. The van der Waals surface area contributed by atoms with Gasteiger partial charge in [0.2, 0.25) is 0 Å². The molecule has 0 aliphatic carbocycles. The second kappa shape index (κ2) is 16.7. The molecule has 1 aliphatic heterocycles. The highest BCUT2D eigenvalue weighted by molar-refractivity contribution is 8.03. The first-order chi connectivity index (χ1) is 17.0. The number of nitrogens with one attached hydrogen (secondary N) is 2. The van der Waals surface area contributed by atoms with Crippen molar-refractivity contribution in [3.05, 3.63) is 60.7 Å². The Hall–Kier alpha value is -1.95. The fourth-order valence-corrected chi connectivity index (χ4v) is 5.43. The molecule has 0 bridgehead atoms. The van der Waals surface area contributed by atoms with Gasteiger partial charge >= 0.3 is 0 Å². The third-order valence-corrected chi connectivity index (χ3v) is 7.81. The van der Waals surface area contributed by atoms with Crippen LogP contribution in [0.3, 0.4) is 0 Å². The van der Waals surface area contributed by atoms with Gasteiger partial charge in [-0.15, -0.1) is 0 Å². The third kappa shape index (κ3) is 10.3. The number of unbranched alkanes of at least 4 members (excludes halogenated alkanes) is 1. The van der Waals surface area contributed by atoms with Crippen LogP contribution in [0.2, 0.25) is 0 Å². The van der Waals surface area contributed by atoms with Crippen molar-refractivity contribution in [2.75, 3.05) is 31.2 Å². The Morgan fingerprint density at radius 3 is 2.94 bits per heavy atom. The topological polar surface area (TPSA) is 64.6 Å². The van der Waals surface area contributed by atoms with Gasteiger partial charge in [0.1, 0.15) is 11.6 Å². The van der Waals surface area contributed by atoms with Crippen LogP contribution in [0.25, 0.3) is 0 Å². The largest absolute Gasteiger partial charge is 0.378 e. The molecular formula is C28H39N3O2S2. The molecule has 0 fully saturated rings. The lowest BCUT2D eigenvalue weighted by Crippen LogP contribution is -2.48. The molecule has 0 saturated carbocycles. The third-order valence-electron chi connectivity index (χ3n) is 5.74. The summed E-state index contributed by atoms with van der Waals surface area (Å²) in [7, 11) is 1.94. The minimum Gasteiger partial charge on any atom is -0.378 e. The maximum absolute atomic E-state index is 12.8. The van der Waals surface area contributed by atoms with E-state index in [2.05, 4.69) is 41.4 Å². The molecule has 1 aromatic carbocycles. The Balaban J connectivity index is 1.89. The van der Waals surface area contributed by atoms with Crippen LogP contribution in [0.4, 0.5) is 5.69 Å². The van der Waals surface area contributed by atoms with Gasteiger partial charge in [0.05, 0.1) is 6.54 Å². The van der Waals surface area contributed by atoms with Gasteiger partial charge in [-0.1, -0.05) is 85.0 Å². The number of carbonyl (C=O) groups excluding carboxylic acids is 1. The van der Waals surface area contributed by atoms with E-state index in [0.717, 1.165) is 35.6 Å². The van der Waals surface area contributed by atoms with Crippen molar-refractivity contribution in [2.45, 2.75) is 62.1 Å². The van der Waals surface area contributed by atoms with E-state index in [1.807, 2.05) is 55.3 Å². The number of fused-ring (bicyclic) bond motifs is 1. The van der Waals surface area contributed by atoms with Gasteiger partial charge in [-0.05, 0) is 50.6 Å². The molecule has 35 heavy (non-hydrogen) atoms. The van der Waals surface area contributed by atoms with E-state index >= 15 is 0 Å². The first-order valence-electron chi connectivity index (χ1n) is 12.2. The summed E-state index contributed by atoms with van der Waals surface area (Å²) in [6, 6.07) is 8.03. The number of hydrogen-bond acceptors (Lipinski definition) is 7. The number of ketones is 1. The van der Waals surface area contributed by atoms with Crippen molar-refractivity contribution in [1.82, 2.24) is 10.2 Å². The van der Waals surface area contributed by atoms with Crippen LogP contribution in [-0.2, 0) is 4.79 Å². The van der Waals surface area contributed by atoms with Gasteiger partial charge in [-0.3, -0.25) is 9.69 Å². The zero-order chi connectivity index (χ0) is 25.5. The molecule has 3 unspecified atom stereocenters. The van der Waals surface area contributed by atoms with E-state index in [-0.39, 0.29) is 23.7 Å². The van der Waals surface area contributed by atoms with Gasteiger partial charge in [0.25, 0.3) is 0 Å². The minimum atomic E-state index is -0.588. The van der Waals surface area contributed by atoms with Crippen LogP contribution < -0.4 is 10.6 Å². The molecule has 1 aromatic rings. The summed E-state index contributed by atoms with van der Waals surface area (Å²) in [5.74, 6) is 4.04. The van der Waals surface area contributed by atoms with Crippen molar-refractivity contribution in [3.8, 4) is 11.2 Å². The fourth-order valence-electron chi connectivity index (χ4n) is 3.53. The minimum absolute atomic E-state index is 0.0397. The van der Waals surface area contributed by atoms with E-state index in [1.165, 1.54) is 5.57 Å². The highest BCUT2D eigenvalue weighted by Crippen LogP contribution is 2.38. The smallest absolute Gasteiger partial charge is 0.179 e. The first kappa shape index (κ1) is 29.3. The highest BCUT2D eigenvalue weighted by atomic mass is 32.2. The summed E-state index contributed by atoms with van der Waals surface area (Å²) in [6.45, 7) is 8.71. The lowest BCUT2D eigenvalue weighted by Gasteiger charge is -2.32. The van der Waals surface area contributed by atoms with Crippen LogP contribution in [0.5, 0.6) is 0 Å². The Bertz CT molecular complexity index is 911. The zero-order valence-corrected chi connectivity index (χ0v) is 22.8. The Morgan fingerprint density at radius 2 is 2.23 bits per heavy atom. The van der Waals surface area contributed by atoms with Crippen LogP contribution in [-0.4, -0.2) is 59.3 Å². The molecule has 0 amide bonds. The van der Waals surface area contributed by atoms with Crippen molar-refractivity contribution < 1.29 is 9.90 Å². The number of carbonyl (C=O) groups is 1. The summed E-state index contributed by atoms with van der Waals surface area (Å²) in [4.78, 5) is 15.9. The molecule has 0 aromatic heterocycles. The number of likely N-dealkylation sites (N-methyl/N-ethyl adjacent to an activating group) is 1. The van der Waals surface area contributed by atoms with Gasteiger partial charge in [-0.2, -0.15) is 0 Å².